The van der Waals surface area contributed by atoms with E-state index < -0.39 is 5.97 Å². The first kappa shape index (κ1) is 35.8. The van der Waals surface area contributed by atoms with E-state index in [-0.39, 0.29) is 5.57 Å². The summed E-state index contributed by atoms with van der Waals surface area (Å²) in [5.74, 6) is -1.03. The Morgan fingerprint density at radius 3 is 1.11 bits per heavy atom. The summed E-state index contributed by atoms with van der Waals surface area (Å²) in [5, 5.41) is 11.0. The van der Waals surface area contributed by atoms with E-state index in [4.69, 9.17) is 0 Å². The van der Waals surface area contributed by atoms with E-state index in [1.54, 1.807) is 6.08 Å². The molecule has 0 aliphatic carbocycles. The van der Waals surface area contributed by atoms with E-state index >= 15 is 0 Å². The number of rotatable bonds is 13. The smallest absolute Gasteiger partial charge is 0.336 e. The minimum absolute atomic E-state index is 0.164. The van der Waals surface area contributed by atoms with Gasteiger partial charge in [-0.05, 0) is 61.7 Å². The zero-order chi connectivity index (χ0) is 36.5. The van der Waals surface area contributed by atoms with Gasteiger partial charge in [0.25, 0.3) is 0 Å². The van der Waals surface area contributed by atoms with E-state index in [1.807, 2.05) is 170 Å². The molecule has 0 amide bonds. The summed E-state index contributed by atoms with van der Waals surface area (Å²) in [4.78, 5) is 13.4. The van der Waals surface area contributed by atoms with Crippen LogP contribution in [0.4, 0.5) is 0 Å². The van der Waals surface area contributed by atoms with Gasteiger partial charge in [0.1, 0.15) is 0 Å². The van der Waals surface area contributed by atoms with E-state index in [0.717, 1.165) is 50.1 Å². The van der Waals surface area contributed by atoms with Gasteiger partial charge in [-0.25, -0.2) is 4.79 Å². The number of aliphatic carboxylic acids is 1. The predicted molar refractivity (Wildman–Crippen MR) is 225 cm³/mol. The van der Waals surface area contributed by atoms with Gasteiger partial charge in [-0.3, -0.25) is 0 Å². The second-order valence-electron chi connectivity index (χ2n) is 12.3. The molecule has 6 aromatic carbocycles. The standard InChI is InChI=1S/C51H40O2/c52-51(53)50(39-34-44-26-14-5-15-27-44)49(38-33-43-24-12-4-13-25-43)48(37-32-42-22-10-3-11-23-42)47(36-31-41-20-8-2-9-21-41)46-29-17-16-28-45(46)35-30-40-18-6-1-7-19-40/h1-39H,(H,52,53). The van der Waals surface area contributed by atoms with Crippen molar-refractivity contribution >= 4 is 48.0 Å². The maximum absolute atomic E-state index is 13.4. The Kier molecular flexibility index (Phi) is 12.7. The number of carboxylic acid groups (broad SMARTS) is 1. The first-order chi connectivity index (χ1) is 26.1. The molecule has 0 bridgehead atoms. The van der Waals surface area contributed by atoms with Crippen LogP contribution in [-0.4, -0.2) is 11.1 Å². The molecule has 6 aromatic rings. The summed E-state index contributed by atoms with van der Waals surface area (Å²) in [6.07, 6.45) is 20.0. The normalized spacial score (nSPS) is 12.9. The van der Waals surface area contributed by atoms with E-state index in [0.29, 0.717) is 5.57 Å². The monoisotopic (exact) mass is 684 g/mol. The number of benzene rings is 6. The van der Waals surface area contributed by atoms with Crippen molar-refractivity contribution < 1.29 is 9.90 Å². The first-order valence-electron chi connectivity index (χ1n) is 17.6. The van der Waals surface area contributed by atoms with Gasteiger partial charge in [0, 0.05) is 0 Å². The molecule has 0 heterocycles. The Bertz CT molecular complexity index is 2310. The van der Waals surface area contributed by atoms with Gasteiger partial charge in [-0.2, -0.15) is 0 Å². The fourth-order valence-corrected chi connectivity index (χ4v) is 5.86. The molecule has 2 nitrogen and oxygen atoms in total. The van der Waals surface area contributed by atoms with Crippen LogP contribution in [0.2, 0.25) is 0 Å². The minimum atomic E-state index is -1.03. The molecule has 0 fully saturated rings. The van der Waals surface area contributed by atoms with Crippen LogP contribution in [0.15, 0.2) is 217 Å². The van der Waals surface area contributed by atoms with Gasteiger partial charge in [-0.15, -0.1) is 0 Å². The summed E-state index contributed by atoms with van der Waals surface area (Å²) in [6.45, 7) is 0. The maximum Gasteiger partial charge on any atom is 0.336 e. The van der Waals surface area contributed by atoms with Crippen LogP contribution < -0.4 is 0 Å². The average molecular weight is 685 g/mol. The maximum atomic E-state index is 13.4. The Labute approximate surface area is 312 Å². The zero-order valence-corrected chi connectivity index (χ0v) is 29.4. The third-order valence-corrected chi connectivity index (χ3v) is 8.57. The van der Waals surface area contributed by atoms with Gasteiger partial charge in [0.05, 0.1) is 5.57 Å². The van der Waals surface area contributed by atoms with E-state index in [1.165, 1.54) is 0 Å². The summed E-state index contributed by atoms with van der Waals surface area (Å²) >= 11 is 0. The highest BCUT2D eigenvalue weighted by Crippen LogP contribution is 2.34. The predicted octanol–water partition coefficient (Wildman–Crippen LogP) is 12.8. The molecule has 256 valence electrons. The van der Waals surface area contributed by atoms with Crippen molar-refractivity contribution in [2.45, 2.75) is 0 Å². The zero-order valence-electron chi connectivity index (χ0n) is 29.4. The lowest BCUT2D eigenvalue weighted by atomic mass is 9.87. The van der Waals surface area contributed by atoms with Crippen LogP contribution in [0.3, 0.4) is 0 Å². The van der Waals surface area contributed by atoms with Gasteiger partial charge in [-0.1, -0.05) is 231 Å². The molecule has 0 aromatic heterocycles. The Morgan fingerprint density at radius 1 is 0.340 bits per heavy atom. The average Bonchev–Trinajstić information content (AvgIpc) is 3.22. The highest BCUT2D eigenvalue weighted by Gasteiger charge is 2.18. The van der Waals surface area contributed by atoms with Crippen molar-refractivity contribution in [1.29, 1.82) is 0 Å². The molecule has 6 rings (SSSR count). The highest BCUT2D eigenvalue weighted by atomic mass is 16.4. The van der Waals surface area contributed by atoms with Crippen molar-refractivity contribution in [3.05, 3.63) is 256 Å². The third-order valence-electron chi connectivity index (χ3n) is 8.57. The highest BCUT2D eigenvalue weighted by molar-refractivity contribution is 5.98. The molecule has 0 aliphatic rings. The summed E-state index contributed by atoms with van der Waals surface area (Å²) in [6, 6.07) is 58.4. The second-order valence-corrected chi connectivity index (χ2v) is 12.3. The Balaban J connectivity index is 1.68. The van der Waals surface area contributed by atoms with Gasteiger partial charge in [0.2, 0.25) is 0 Å². The van der Waals surface area contributed by atoms with Crippen LogP contribution in [-0.2, 0) is 4.79 Å². The molecule has 0 unspecified atom stereocenters. The molecule has 0 radical (unpaired) electrons. The van der Waals surface area contributed by atoms with Gasteiger partial charge >= 0.3 is 5.97 Å². The second kappa shape index (κ2) is 18.8. The van der Waals surface area contributed by atoms with Crippen LogP contribution in [0.1, 0.15) is 38.9 Å². The number of hydrogen-bond donors (Lipinski definition) is 1. The van der Waals surface area contributed by atoms with E-state index in [9.17, 15) is 9.90 Å². The number of allylic oxidation sites excluding steroid dienone is 6. The summed E-state index contributed by atoms with van der Waals surface area (Å²) < 4.78 is 0. The largest absolute Gasteiger partial charge is 0.478 e. The van der Waals surface area contributed by atoms with Crippen LogP contribution in [0.5, 0.6) is 0 Å². The molecule has 0 saturated heterocycles. The SMILES string of the molecule is O=C(O)C(C=Cc1ccccc1)=C(C=Cc1ccccc1)C(C=Cc1ccccc1)=C(C=Cc1ccccc1)c1ccccc1C=Cc1ccccc1. The number of carboxylic acids is 1. The quantitative estimate of drug-likeness (QED) is 0.0747. The Morgan fingerprint density at radius 2 is 0.679 bits per heavy atom. The van der Waals surface area contributed by atoms with Crippen LogP contribution in [0, 0.1) is 0 Å². The van der Waals surface area contributed by atoms with Crippen molar-refractivity contribution in [3.63, 3.8) is 0 Å². The lowest BCUT2D eigenvalue weighted by Gasteiger charge is -2.16. The lowest BCUT2D eigenvalue weighted by molar-refractivity contribution is -0.132. The van der Waals surface area contributed by atoms with Gasteiger partial charge in [0.15, 0.2) is 0 Å². The molecule has 0 aliphatic heterocycles. The van der Waals surface area contributed by atoms with Crippen molar-refractivity contribution in [2.24, 2.45) is 0 Å². The molecule has 0 spiro atoms. The van der Waals surface area contributed by atoms with Crippen molar-refractivity contribution in [3.8, 4) is 0 Å². The summed E-state index contributed by atoms with van der Waals surface area (Å²) in [5.41, 5.74) is 9.29. The summed E-state index contributed by atoms with van der Waals surface area (Å²) in [7, 11) is 0. The van der Waals surface area contributed by atoms with Gasteiger partial charge < -0.3 is 5.11 Å². The Hall–Kier alpha value is -7.03. The molecular weight excluding hydrogens is 645 g/mol. The van der Waals surface area contributed by atoms with Crippen LogP contribution in [0.25, 0.3) is 42.0 Å². The number of carbonyl (C=O) groups is 1. The molecule has 53 heavy (non-hydrogen) atoms. The third kappa shape index (κ3) is 10.5. The molecular formula is C51H40O2. The first-order valence-corrected chi connectivity index (χ1v) is 17.6. The fraction of sp³-hybridized carbons (Fsp3) is 0. The molecule has 1 N–H and O–H groups in total. The fourth-order valence-electron chi connectivity index (χ4n) is 5.86. The number of hydrogen-bond acceptors (Lipinski definition) is 1. The topological polar surface area (TPSA) is 37.3 Å². The van der Waals surface area contributed by atoms with Crippen molar-refractivity contribution in [2.75, 3.05) is 0 Å². The minimum Gasteiger partial charge on any atom is -0.478 e. The van der Waals surface area contributed by atoms with E-state index in [2.05, 4.69) is 60.7 Å². The molecule has 2 heteroatoms. The lowest BCUT2D eigenvalue weighted by Crippen LogP contribution is -2.05. The molecule has 0 atom stereocenters. The van der Waals surface area contributed by atoms with Crippen molar-refractivity contribution in [1.82, 2.24) is 0 Å². The van der Waals surface area contributed by atoms with Crippen LogP contribution >= 0.6 is 0 Å². The molecule has 0 saturated carbocycles.